The van der Waals surface area contributed by atoms with Crippen molar-refractivity contribution in [3.05, 3.63) is 70.2 Å². The van der Waals surface area contributed by atoms with Gasteiger partial charge in [-0.25, -0.2) is 0 Å². The lowest BCUT2D eigenvalue weighted by Crippen LogP contribution is -2.24. The van der Waals surface area contributed by atoms with Crippen LogP contribution in [0.15, 0.2) is 48.5 Å². The number of aryl methyl sites for hydroxylation is 1. The van der Waals surface area contributed by atoms with Crippen molar-refractivity contribution in [2.24, 2.45) is 0 Å². The molecule has 0 radical (unpaired) electrons. The average Bonchev–Trinajstić information content (AvgIpc) is 2.47. The van der Waals surface area contributed by atoms with Crippen molar-refractivity contribution in [2.75, 3.05) is 5.75 Å². The molecule has 2 aromatic carbocycles. The van der Waals surface area contributed by atoms with Crippen molar-refractivity contribution < 1.29 is 4.79 Å². The Labute approximate surface area is 134 Å². The second-order valence-electron chi connectivity index (χ2n) is 4.85. The Kier molecular flexibility index (Phi) is 6.15. The van der Waals surface area contributed by atoms with Crippen LogP contribution < -0.4 is 5.32 Å². The van der Waals surface area contributed by atoms with Crippen LogP contribution in [0.3, 0.4) is 0 Å². The predicted molar refractivity (Wildman–Crippen MR) is 90.6 cm³/mol. The Morgan fingerprint density at radius 1 is 1.19 bits per heavy atom. The number of amides is 1. The zero-order valence-corrected chi connectivity index (χ0v) is 13.5. The van der Waals surface area contributed by atoms with Crippen LogP contribution in [0.1, 0.15) is 16.7 Å². The quantitative estimate of drug-likeness (QED) is 0.864. The normalized spacial score (nSPS) is 10.4. The fourth-order valence-electron chi connectivity index (χ4n) is 1.94. The summed E-state index contributed by atoms with van der Waals surface area (Å²) < 4.78 is 0. The van der Waals surface area contributed by atoms with E-state index in [0.29, 0.717) is 12.3 Å². The molecule has 0 fully saturated rings. The fourth-order valence-corrected chi connectivity index (χ4v) is 3.09. The van der Waals surface area contributed by atoms with Crippen molar-refractivity contribution >= 4 is 29.3 Å². The van der Waals surface area contributed by atoms with Gasteiger partial charge in [-0.3, -0.25) is 4.79 Å². The molecular formula is C17H18ClNOS. The minimum absolute atomic E-state index is 0.0496. The van der Waals surface area contributed by atoms with Crippen LogP contribution >= 0.6 is 23.4 Å². The number of halogens is 1. The average molecular weight is 320 g/mol. The molecule has 0 heterocycles. The van der Waals surface area contributed by atoms with E-state index in [2.05, 4.69) is 11.4 Å². The van der Waals surface area contributed by atoms with Crippen LogP contribution in [0.4, 0.5) is 0 Å². The van der Waals surface area contributed by atoms with Crippen LogP contribution in [0.2, 0.25) is 5.02 Å². The molecule has 0 unspecified atom stereocenters. The van der Waals surface area contributed by atoms with E-state index in [0.717, 1.165) is 21.9 Å². The molecule has 4 heteroatoms. The molecule has 0 aliphatic heterocycles. The summed E-state index contributed by atoms with van der Waals surface area (Å²) in [5.74, 6) is 1.24. The first-order valence-electron chi connectivity index (χ1n) is 6.78. The van der Waals surface area contributed by atoms with Crippen LogP contribution in [-0.2, 0) is 17.1 Å². The fraction of sp³-hybridized carbons (Fsp3) is 0.235. The van der Waals surface area contributed by atoms with Crippen molar-refractivity contribution in [3.8, 4) is 0 Å². The second kappa shape index (κ2) is 8.11. The molecule has 2 nitrogen and oxygen atoms in total. The number of benzene rings is 2. The molecule has 0 atom stereocenters. The molecule has 21 heavy (non-hydrogen) atoms. The van der Waals surface area contributed by atoms with Gasteiger partial charge >= 0.3 is 0 Å². The number of thioether (sulfide) groups is 1. The Morgan fingerprint density at radius 3 is 2.76 bits per heavy atom. The summed E-state index contributed by atoms with van der Waals surface area (Å²) in [5, 5.41) is 3.69. The Balaban J connectivity index is 1.72. The molecule has 1 amide bonds. The number of nitrogens with one attached hydrogen (secondary N) is 1. The van der Waals surface area contributed by atoms with Gasteiger partial charge in [-0.05, 0) is 24.1 Å². The molecule has 0 saturated heterocycles. The molecule has 0 bridgehead atoms. The first kappa shape index (κ1) is 15.9. The van der Waals surface area contributed by atoms with Gasteiger partial charge in [0.25, 0.3) is 0 Å². The highest BCUT2D eigenvalue weighted by Crippen LogP contribution is 2.20. The van der Waals surface area contributed by atoms with Crippen LogP contribution in [0.25, 0.3) is 0 Å². The van der Waals surface area contributed by atoms with Crippen molar-refractivity contribution in [3.63, 3.8) is 0 Å². The molecule has 0 aromatic heterocycles. The van der Waals surface area contributed by atoms with Gasteiger partial charge in [0.1, 0.15) is 0 Å². The Morgan fingerprint density at radius 2 is 2.00 bits per heavy atom. The minimum Gasteiger partial charge on any atom is -0.351 e. The summed E-state index contributed by atoms with van der Waals surface area (Å²) in [6, 6.07) is 15.9. The molecular weight excluding hydrogens is 302 g/mol. The molecule has 110 valence electrons. The maximum atomic E-state index is 11.8. The summed E-state index contributed by atoms with van der Waals surface area (Å²) in [6.07, 6.45) is 0. The van der Waals surface area contributed by atoms with Gasteiger partial charge in [0, 0.05) is 17.3 Å². The van der Waals surface area contributed by atoms with E-state index in [1.54, 1.807) is 11.8 Å². The van der Waals surface area contributed by atoms with Gasteiger partial charge < -0.3 is 5.32 Å². The zero-order valence-electron chi connectivity index (χ0n) is 11.9. The largest absolute Gasteiger partial charge is 0.351 e. The lowest BCUT2D eigenvalue weighted by Gasteiger charge is -2.07. The number of hydrogen-bond donors (Lipinski definition) is 1. The summed E-state index contributed by atoms with van der Waals surface area (Å²) in [5.41, 5.74) is 3.39. The Hall–Kier alpha value is -1.45. The SMILES string of the molecule is Cc1cccc(CNC(=O)CSCc2ccccc2Cl)c1. The smallest absolute Gasteiger partial charge is 0.230 e. The van der Waals surface area contributed by atoms with Crippen LogP contribution in [-0.4, -0.2) is 11.7 Å². The lowest BCUT2D eigenvalue weighted by molar-refractivity contribution is -0.118. The van der Waals surface area contributed by atoms with E-state index in [1.807, 2.05) is 49.4 Å². The number of rotatable bonds is 6. The Bertz CT molecular complexity index is 615. The summed E-state index contributed by atoms with van der Waals surface area (Å²) >= 11 is 7.65. The predicted octanol–water partition coefficient (Wildman–Crippen LogP) is 4.20. The van der Waals surface area contributed by atoms with Gasteiger partial charge in [-0.1, -0.05) is 59.6 Å². The first-order valence-corrected chi connectivity index (χ1v) is 8.32. The molecule has 0 saturated carbocycles. The second-order valence-corrected chi connectivity index (χ2v) is 6.24. The monoisotopic (exact) mass is 319 g/mol. The molecule has 2 aromatic rings. The van der Waals surface area contributed by atoms with E-state index in [4.69, 9.17) is 11.6 Å². The summed E-state index contributed by atoms with van der Waals surface area (Å²) in [4.78, 5) is 11.8. The maximum absolute atomic E-state index is 11.8. The topological polar surface area (TPSA) is 29.1 Å². The van der Waals surface area contributed by atoms with Gasteiger partial charge in [-0.2, -0.15) is 0 Å². The standard InChI is InChI=1S/C17H18ClNOS/c1-13-5-4-6-14(9-13)10-19-17(20)12-21-11-15-7-2-3-8-16(15)18/h2-9H,10-12H2,1H3,(H,19,20). The van der Waals surface area contributed by atoms with Crippen molar-refractivity contribution in [1.82, 2.24) is 5.32 Å². The molecule has 1 N–H and O–H groups in total. The number of carbonyl (C=O) groups is 1. The molecule has 0 spiro atoms. The van der Waals surface area contributed by atoms with Gasteiger partial charge in [-0.15, -0.1) is 11.8 Å². The van der Waals surface area contributed by atoms with E-state index in [1.165, 1.54) is 5.56 Å². The zero-order chi connectivity index (χ0) is 15.1. The van der Waals surface area contributed by atoms with Gasteiger partial charge in [0.15, 0.2) is 0 Å². The van der Waals surface area contributed by atoms with E-state index >= 15 is 0 Å². The van der Waals surface area contributed by atoms with Crippen molar-refractivity contribution in [1.29, 1.82) is 0 Å². The highest BCUT2D eigenvalue weighted by Gasteiger charge is 2.04. The lowest BCUT2D eigenvalue weighted by atomic mass is 10.1. The number of hydrogen-bond acceptors (Lipinski definition) is 2. The summed E-state index contributed by atoms with van der Waals surface area (Å²) in [6.45, 7) is 2.62. The van der Waals surface area contributed by atoms with Crippen molar-refractivity contribution in [2.45, 2.75) is 19.2 Å². The molecule has 0 aliphatic rings. The highest BCUT2D eigenvalue weighted by molar-refractivity contribution is 7.99. The van der Waals surface area contributed by atoms with Crippen LogP contribution in [0, 0.1) is 6.92 Å². The molecule has 2 rings (SSSR count). The van der Waals surface area contributed by atoms with E-state index in [9.17, 15) is 4.79 Å². The summed E-state index contributed by atoms with van der Waals surface area (Å²) in [7, 11) is 0. The van der Waals surface area contributed by atoms with Crippen LogP contribution in [0.5, 0.6) is 0 Å². The molecule has 0 aliphatic carbocycles. The number of carbonyl (C=O) groups excluding carboxylic acids is 1. The first-order chi connectivity index (χ1) is 10.1. The maximum Gasteiger partial charge on any atom is 0.230 e. The van der Waals surface area contributed by atoms with E-state index in [-0.39, 0.29) is 5.91 Å². The van der Waals surface area contributed by atoms with Gasteiger partial charge in [0.05, 0.1) is 5.75 Å². The third-order valence-electron chi connectivity index (χ3n) is 3.02. The van der Waals surface area contributed by atoms with Gasteiger partial charge in [0.2, 0.25) is 5.91 Å². The highest BCUT2D eigenvalue weighted by atomic mass is 35.5. The minimum atomic E-state index is 0.0496. The van der Waals surface area contributed by atoms with E-state index < -0.39 is 0 Å². The third kappa shape index (κ3) is 5.44. The third-order valence-corrected chi connectivity index (χ3v) is 4.37.